The molecule has 0 saturated carbocycles. The van der Waals surface area contributed by atoms with Crippen LogP contribution in [0.5, 0.6) is 0 Å². The number of halogens is 1. The number of hydrogen-bond acceptors (Lipinski definition) is 4. The zero-order valence-corrected chi connectivity index (χ0v) is 17.2. The summed E-state index contributed by atoms with van der Waals surface area (Å²) >= 11 is 0. The Labute approximate surface area is 171 Å². The summed E-state index contributed by atoms with van der Waals surface area (Å²) < 4.78 is 22.5. The van der Waals surface area contributed by atoms with Crippen LogP contribution in [0.1, 0.15) is 46.8 Å². The molecule has 0 bridgehead atoms. The average Bonchev–Trinajstić information content (AvgIpc) is 3.14. The van der Waals surface area contributed by atoms with Gasteiger partial charge in [0.05, 0.1) is 30.5 Å². The molecule has 29 heavy (non-hydrogen) atoms. The first-order chi connectivity index (χ1) is 14.0. The Morgan fingerprint density at radius 2 is 2.03 bits per heavy atom. The normalized spacial score (nSPS) is 23.3. The molecule has 156 valence electrons. The van der Waals surface area contributed by atoms with Gasteiger partial charge in [-0.1, -0.05) is 18.6 Å². The number of aromatic nitrogens is 2. The van der Waals surface area contributed by atoms with Crippen LogP contribution >= 0.6 is 0 Å². The van der Waals surface area contributed by atoms with E-state index in [1.165, 1.54) is 25.3 Å². The predicted molar refractivity (Wildman–Crippen MR) is 108 cm³/mol. The van der Waals surface area contributed by atoms with Gasteiger partial charge in [-0.25, -0.2) is 4.39 Å². The number of hydrogen-bond donors (Lipinski definition) is 0. The molecule has 6 nitrogen and oxygen atoms in total. The Morgan fingerprint density at radius 3 is 2.72 bits per heavy atom. The fraction of sp³-hybridized carbons (Fsp3) is 0.545. The third-order valence-electron chi connectivity index (χ3n) is 6.00. The van der Waals surface area contributed by atoms with E-state index in [0.717, 1.165) is 25.2 Å². The second kappa shape index (κ2) is 8.63. The van der Waals surface area contributed by atoms with Crippen LogP contribution < -0.4 is 0 Å². The van der Waals surface area contributed by atoms with Crippen LogP contribution in [0.25, 0.3) is 0 Å². The highest BCUT2D eigenvalue weighted by atomic mass is 19.1. The Kier molecular flexibility index (Phi) is 5.96. The highest BCUT2D eigenvalue weighted by Gasteiger charge is 2.39. The smallest absolute Gasteiger partial charge is 0.257 e. The van der Waals surface area contributed by atoms with Crippen molar-refractivity contribution in [3.63, 3.8) is 0 Å². The molecule has 0 aliphatic carbocycles. The largest absolute Gasteiger partial charge is 0.373 e. The summed E-state index contributed by atoms with van der Waals surface area (Å²) in [6.45, 7) is 5.54. The van der Waals surface area contributed by atoms with E-state index in [4.69, 9.17) is 4.74 Å². The van der Waals surface area contributed by atoms with E-state index in [-0.39, 0.29) is 23.6 Å². The van der Waals surface area contributed by atoms with Crippen molar-refractivity contribution >= 4 is 5.91 Å². The molecule has 3 heterocycles. The van der Waals surface area contributed by atoms with Crippen LogP contribution in [0.3, 0.4) is 0 Å². The first kappa shape index (κ1) is 20.0. The lowest BCUT2D eigenvalue weighted by Gasteiger charge is -2.43. The number of aryl methyl sites for hydroxylation is 2. The SMILES string of the molecule is Cc1cccc(F)c1C(=O)N1CCO[C@@H](CN2CCCCC2)[C@@H]1c1cnn(C)c1. The van der Waals surface area contributed by atoms with Crippen molar-refractivity contribution in [2.45, 2.75) is 38.3 Å². The number of ether oxygens (including phenoxy) is 1. The molecule has 1 amide bonds. The number of likely N-dealkylation sites (tertiary alicyclic amines) is 1. The van der Waals surface area contributed by atoms with Crippen LogP contribution in [0.2, 0.25) is 0 Å². The lowest BCUT2D eigenvalue weighted by molar-refractivity contribution is -0.0742. The molecule has 2 atom stereocenters. The number of nitrogens with zero attached hydrogens (tertiary/aromatic N) is 4. The van der Waals surface area contributed by atoms with Gasteiger partial charge in [0.15, 0.2) is 0 Å². The van der Waals surface area contributed by atoms with Crippen LogP contribution in [0, 0.1) is 12.7 Å². The summed E-state index contributed by atoms with van der Waals surface area (Å²) in [7, 11) is 1.86. The molecule has 2 aromatic rings. The summed E-state index contributed by atoms with van der Waals surface area (Å²) in [5.41, 5.74) is 1.73. The molecular weight excluding hydrogens is 371 g/mol. The van der Waals surface area contributed by atoms with Crippen LogP contribution in [0.15, 0.2) is 30.6 Å². The van der Waals surface area contributed by atoms with Crippen LogP contribution in [0.4, 0.5) is 4.39 Å². The quantitative estimate of drug-likeness (QED) is 0.792. The lowest BCUT2D eigenvalue weighted by atomic mass is 9.97. The summed E-state index contributed by atoms with van der Waals surface area (Å²) in [6, 6.07) is 4.48. The number of morpholine rings is 1. The van der Waals surface area contributed by atoms with E-state index in [1.807, 2.05) is 13.2 Å². The topological polar surface area (TPSA) is 50.6 Å². The number of carbonyl (C=O) groups is 1. The monoisotopic (exact) mass is 400 g/mol. The minimum Gasteiger partial charge on any atom is -0.373 e. The van der Waals surface area contributed by atoms with Gasteiger partial charge < -0.3 is 14.5 Å². The Balaban J connectivity index is 1.66. The van der Waals surface area contributed by atoms with Gasteiger partial charge in [-0.05, 0) is 44.5 Å². The Morgan fingerprint density at radius 1 is 1.24 bits per heavy atom. The number of piperidine rings is 1. The average molecular weight is 400 g/mol. The highest BCUT2D eigenvalue weighted by molar-refractivity contribution is 5.96. The summed E-state index contributed by atoms with van der Waals surface area (Å²) in [5, 5.41) is 4.31. The standard InChI is InChI=1S/C22H29FN4O2/c1-16-7-6-8-18(23)20(16)22(28)27-11-12-29-19(15-26-9-4-3-5-10-26)21(27)17-13-24-25(2)14-17/h6-8,13-14,19,21H,3-5,9-12,15H2,1-2H3/t19-,21-/m0/s1. The van der Waals surface area contributed by atoms with Gasteiger partial charge in [0.25, 0.3) is 5.91 Å². The number of carbonyl (C=O) groups excluding carboxylic acids is 1. The predicted octanol–water partition coefficient (Wildman–Crippen LogP) is 2.94. The van der Waals surface area contributed by atoms with Crippen molar-refractivity contribution in [2.24, 2.45) is 7.05 Å². The summed E-state index contributed by atoms with van der Waals surface area (Å²) in [4.78, 5) is 17.7. The maximum Gasteiger partial charge on any atom is 0.257 e. The summed E-state index contributed by atoms with van der Waals surface area (Å²) in [5.74, 6) is -0.750. The molecule has 7 heteroatoms. The molecule has 1 aromatic carbocycles. The van der Waals surface area contributed by atoms with Gasteiger partial charge in [-0.2, -0.15) is 5.10 Å². The van der Waals surface area contributed by atoms with Gasteiger partial charge in [0.2, 0.25) is 0 Å². The number of rotatable bonds is 4. The van der Waals surface area contributed by atoms with E-state index in [2.05, 4.69) is 10.00 Å². The van der Waals surface area contributed by atoms with E-state index < -0.39 is 5.82 Å². The molecule has 0 radical (unpaired) electrons. The van der Waals surface area contributed by atoms with E-state index in [0.29, 0.717) is 18.7 Å². The van der Waals surface area contributed by atoms with Crippen molar-refractivity contribution in [1.29, 1.82) is 0 Å². The first-order valence-corrected chi connectivity index (χ1v) is 10.4. The van der Waals surface area contributed by atoms with E-state index in [1.54, 1.807) is 34.8 Å². The zero-order chi connectivity index (χ0) is 20.4. The second-order valence-corrected chi connectivity index (χ2v) is 8.09. The molecule has 0 spiro atoms. The van der Waals surface area contributed by atoms with Crippen molar-refractivity contribution < 1.29 is 13.9 Å². The number of benzene rings is 1. The highest BCUT2D eigenvalue weighted by Crippen LogP contribution is 2.32. The van der Waals surface area contributed by atoms with Crippen molar-refractivity contribution in [3.8, 4) is 0 Å². The Bertz CT molecular complexity index is 842. The summed E-state index contributed by atoms with van der Waals surface area (Å²) in [6.07, 6.45) is 7.21. The molecule has 4 rings (SSSR count). The fourth-order valence-electron chi connectivity index (χ4n) is 4.54. The van der Waals surface area contributed by atoms with Crippen molar-refractivity contribution in [2.75, 3.05) is 32.8 Å². The van der Waals surface area contributed by atoms with Crippen LogP contribution in [-0.4, -0.2) is 64.4 Å². The molecule has 2 saturated heterocycles. The van der Waals surface area contributed by atoms with Gasteiger partial charge in [0, 0.05) is 31.9 Å². The Hall–Kier alpha value is -2.25. The minimum atomic E-state index is -0.473. The zero-order valence-electron chi connectivity index (χ0n) is 17.2. The second-order valence-electron chi connectivity index (χ2n) is 8.09. The molecule has 0 N–H and O–H groups in total. The molecule has 2 fully saturated rings. The number of amides is 1. The minimum absolute atomic E-state index is 0.153. The van der Waals surface area contributed by atoms with Crippen LogP contribution in [-0.2, 0) is 11.8 Å². The van der Waals surface area contributed by atoms with Crippen molar-refractivity contribution in [3.05, 3.63) is 53.1 Å². The molecule has 2 aliphatic heterocycles. The third kappa shape index (κ3) is 4.21. The molecular formula is C22H29FN4O2. The third-order valence-corrected chi connectivity index (χ3v) is 6.00. The van der Waals surface area contributed by atoms with Gasteiger partial charge in [-0.15, -0.1) is 0 Å². The fourth-order valence-corrected chi connectivity index (χ4v) is 4.54. The maximum atomic E-state index is 14.6. The molecule has 0 unspecified atom stereocenters. The van der Waals surface area contributed by atoms with Gasteiger partial charge >= 0.3 is 0 Å². The van der Waals surface area contributed by atoms with E-state index >= 15 is 0 Å². The maximum absolute atomic E-state index is 14.6. The molecule has 1 aromatic heterocycles. The van der Waals surface area contributed by atoms with Crippen molar-refractivity contribution in [1.82, 2.24) is 19.6 Å². The van der Waals surface area contributed by atoms with Gasteiger partial charge in [-0.3, -0.25) is 9.48 Å². The van der Waals surface area contributed by atoms with Gasteiger partial charge in [0.1, 0.15) is 5.82 Å². The molecule has 2 aliphatic rings. The lowest BCUT2D eigenvalue weighted by Crippen LogP contribution is -2.52. The first-order valence-electron chi connectivity index (χ1n) is 10.4. The van der Waals surface area contributed by atoms with E-state index in [9.17, 15) is 9.18 Å².